The van der Waals surface area contributed by atoms with Gasteiger partial charge >= 0.3 is 0 Å². The van der Waals surface area contributed by atoms with Crippen LogP contribution in [0.1, 0.15) is 11.1 Å². The van der Waals surface area contributed by atoms with Crippen molar-refractivity contribution in [2.24, 2.45) is 0 Å². The first-order valence-corrected chi connectivity index (χ1v) is 18.3. The van der Waals surface area contributed by atoms with Crippen LogP contribution in [0.3, 0.4) is 0 Å². The van der Waals surface area contributed by atoms with E-state index in [4.69, 9.17) is 0 Å². The molecule has 3 heterocycles. The molecule has 0 fully saturated rings. The van der Waals surface area contributed by atoms with E-state index in [0.717, 1.165) is 82.8 Å². The number of nitrogens with zero attached hydrogens (tertiary/aromatic N) is 5. The molecule has 55 heavy (non-hydrogen) atoms. The molecule has 0 atom stereocenters. The minimum Gasteiger partial charge on any atom is -0.309 e. The molecule has 0 saturated carbocycles. The van der Waals surface area contributed by atoms with E-state index in [1.54, 1.807) is 0 Å². The van der Waals surface area contributed by atoms with Gasteiger partial charge in [-0.2, -0.15) is 10.5 Å². The van der Waals surface area contributed by atoms with Crippen molar-refractivity contribution < 1.29 is 0 Å². The van der Waals surface area contributed by atoms with E-state index in [9.17, 15) is 10.5 Å². The first-order chi connectivity index (χ1) is 27.2. The van der Waals surface area contributed by atoms with Crippen LogP contribution in [0.2, 0.25) is 0 Å². The maximum Gasteiger partial charge on any atom is 0.0992 e. The van der Waals surface area contributed by atoms with Crippen LogP contribution < -0.4 is 0 Å². The Balaban J connectivity index is 1.17. The van der Waals surface area contributed by atoms with Crippen molar-refractivity contribution in [2.45, 2.75) is 0 Å². The molecule has 0 aliphatic rings. The summed E-state index contributed by atoms with van der Waals surface area (Å²) in [6.45, 7) is 0. The Kier molecular flexibility index (Phi) is 6.61. The number of hydrogen-bond donors (Lipinski definition) is 0. The summed E-state index contributed by atoms with van der Waals surface area (Å²) in [6, 6.07) is 66.0. The second-order valence-electron chi connectivity index (χ2n) is 14.0. The lowest BCUT2D eigenvalue weighted by Crippen LogP contribution is -2.03. The molecule has 5 nitrogen and oxygen atoms in total. The van der Waals surface area contributed by atoms with Crippen LogP contribution in [0.5, 0.6) is 0 Å². The highest BCUT2D eigenvalue weighted by atomic mass is 15.1. The van der Waals surface area contributed by atoms with Gasteiger partial charge in [-0.3, -0.25) is 0 Å². The highest BCUT2D eigenvalue weighted by Crippen LogP contribution is 2.42. The van der Waals surface area contributed by atoms with Gasteiger partial charge in [-0.1, -0.05) is 109 Å². The third-order valence-electron chi connectivity index (χ3n) is 11.1. The summed E-state index contributed by atoms with van der Waals surface area (Å²) < 4.78 is 6.97. The van der Waals surface area contributed by atoms with Gasteiger partial charge in [-0.15, -0.1) is 0 Å². The highest BCUT2D eigenvalue weighted by molar-refractivity contribution is 6.15. The molecule has 0 bridgehead atoms. The van der Waals surface area contributed by atoms with E-state index in [2.05, 4.69) is 171 Å². The van der Waals surface area contributed by atoms with E-state index in [1.807, 2.05) is 30.3 Å². The van der Waals surface area contributed by atoms with Crippen LogP contribution in [0, 0.1) is 22.7 Å². The van der Waals surface area contributed by atoms with E-state index < -0.39 is 0 Å². The summed E-state index contributed by atoms with van der Waals surface area (Å²) in [7, 11) is 0. The molecule has 3 aromatic heterocycles. The molecule has 0 saturated heterocycles. The van der Waals surface area contributed by atoms with Crippen molar-refractivity contribution in [2.75, 3.05) is 0 Å². The Labute approximate surface area is 316 Å². The molecule has 0 radical (unpaired) electrons. The number of para-hydroxylation sites is 5. The third kappa shape index (κ3) is 4.45. The minimum atomic E-state index is 0.592. The fourth-order valence-corrected chi connectivity index (χ4v) is 8.75. The quantitative estimate of drug-likeness (QED) is 0.184. The molecule has 0 spiro atoms. The van der Waals surface area contributed by atoms with Gasteiger partial charge in [0.15, 0.2) is 0 Å². The van der Waals surface area contributed by atoms with Crippen molar-refractivity contribution in [3.8, 4) is 40.3 Å². The van der Waals surface area contributed by atoms with Crippen LogP contribution in [0.25, 0.3) is 93.6 Å². The summed E-state index contributed by atoms with van der Waals surface area (Å²) in [4.78, 5) is 0. The maximum atomic E-state index is 10.3. The second kappa shape index (κ2) is 11.8. The van der Waals surface area contributed by atoms with Gasteiger partial charge in [0.25, 0.3) is 0 Å². The summed E-state index contributed by atoms with van der Waals surface area (Å²) in [5.41, 5.74) is 12.8. The number of nitriles is 2. The topological polar surface area (TPSA) is 62.4 Å². The van der Waals surface area contributed by atoms with Crippen molar-refractivity contribution in [3.63, 3.8) is 0 Å². The maximum absolute atomic E-state index is 10.3. The Hall–Kier alpha value is -7.86. The Bertz CT molecular complexity index is 3400. The molecule has 254 valence electrons. The predicted molar refractivity (Wildman–Crippen MR) is 224 cm³/mol. The molecule has 0 amide bonds. The zero-order chi connectivity index (χ0) is 36.6. The van der Waals surface area contributed by atoms with Crippen LogP contribution in [0.4, 0.5) is 0 Å². The molecule has 11 rings (SSSR count). The number of rotatable bonds is 4. The van der Waals surface area contributed by atoms with Gasteiger partial charge in [0.2, 0.25) is 0 Å². The van der Waals surface area contributed by atoms with Crippen molar-refractivity contribution in [1.82, 2.24) is 13.7 Å². The third-order valence-corrected chi connectivity index (χ3v) is 11.1. The molecule has 0 N–H and O–H groups in total. The Morgan fingerprint density at radius 1 is 0.345 bits per heavy atom. The zero-order valence-corrected chi connectivity index (χ0v) is 29.5. The van der Waals surface area contributed by atoms with Gasteiger partial charge < -0.3 is 13.7 Å². The minimum absolute atomic E-state index is 0.592. The zero-order valence-electron chi connectivity index (χ0n) is 29.5. The molecule has 0 aliphatic heterocycles. The summed E-state index contributed by atoms with van der Waals surface area (Å²) in [6.07, 6.45) is 0. The molecular weight excluding hydrogens is 671 g/mol. The van der Waals surface area contributed by atoms with E-state index >= 15 is 0 Å². The summed E-state index contributed by atoms with van der Waals surface area (Å²) in [5, 5.41) is 27.0. The fourth-order valence-electron chi connectivity index (χ4n) is 8.75. The van der Waals surface area contributed by atoms with Crippen LogP contribution >= 0.6 is 0 Å². The van der Waals surface area contributed by atoms with Crippen molar-refractivity contribution >= 4 is 65.4 Å². The van der Waals surface area contributed by atoms with Crippen molar-refractivity contribution in [3.05, 3.63) is 187 Å². The molecule has 8 aromatic carbocycles. The lowest BCUT2D eigenvalue weighted by Gasteiger charge is -2.18. The van der Waals surface area contributed by atoms with Crippen LogP contribution in [-0.2, 0) is 0 Å². The van der Waals surface area contributed by atoms with Crippen LogP contribution in [-0.4, -0.2) is 13.7 Å². The Morgan fingerprint density at radius 3 is 1.45 bits per heavy atom. The van der Waals surface area contributed by atoms with Gasteiger partial charge in [0.1, 0.15) is 0 Å². The molecule has 0 unspecified atom stereocenters. The van der Waals surface area contributed by atoms with E-state index in [0.29, 0.717) is 11.1 Å². The van der Waals surface area contributed by atoms with Gasteiger partial charge in [0, 0.05) is 43.6 Å². The normalized spacial score (nSPS) is 11.6. The predicted octanol–water partition coefficient (Wildman–Crippen LogP) is 12.4. The number of hydrogen-bond acceptors (Lipinski definition) is 2. The SMILES string of the molecule is N#Cc1ccc(-c2ccc(-n3c4ccccc4c4ccc(C#N)cc43)cc2)c(-n2c3ccccc3c3cccc(-n4c5ccccc5c5ccccc54)c32)c1. The lowest BCUT2D eigenvalue weighted by molar-refractivity contribution is 1.13. The molecule has 5 heteroatoms. The average Bonchev–Trinajstić information content (AvgIpc) is 3.89. The Morgan fingerprint density at radius 2 is 0.836 bits per heavy atom. The molecular formula is C50H29N5. The molecule has 0 aliphatic carbocycles. The van der Waals surface area contributed by atoms with Gasteiger partial charge in [0.05, 0.1) is 67.7 Å². The van der Waals surface area contributed by atoms with Gasteiger partial charge in [-0.25, -0.2) is 0 Å². The number of fused-ring (bicyclic) bond motifs is 9. The van der Waals surface area contributed by atoms with Crippen molar-refractivity contribution in [1.29, 1.82) is 10.5 Å². The standard InChI is InChI=1S/C50H29N5/c51-30-32-20-26-36(34-22-24-35(25-23-34)53-43-15-5-1-12-39(43)41-27-21-33(31-52)29-49(41)53)48(28-32)55-46-18-8-4-13-40(46)42-14-9-19-47(50(42)55)54-44-16-6-2-10-37(44)38-11-3-7-17-45(38)54/h1-29H. The summed E-state index contributed by atoms with van der Waals surface area (Å²) >= 11 is 0. The smallest absolute Gasteiger partial charge is 0.0992 e. The van der Waals surface area contributed by atoms with E-state index in [-0.39, 0.29) is 0 Å². The first-order valence-electron chi connectivity index (χ1n) is 18.3. The lowest BCUT2D eigenvalue weighted by atomic mass is 10.0. The second-order valence-corrected chi connectivity index (χ2v) is 14.0. The summed E-state index contributed by atoms with van der Waals surface area (Å²) in [5.74, 6) is 0. The molecule has 11 aromatic rings. The van der Waals surface area contributed by atoms with E-state index in [1.165, 1.54) is 10.8 Å². The van der Waals surface area contributed by atoms with Crippen LogP contribution in [0.15, 0.2) is 176 Å². The first kappa shape index (κ1) is 30.7. The highest BCUT2D eigenvalue weighted by Gasteiger charge is 2.22. The monoisotopic (exact) mass is 699 g/mol. The van der Waals surface area contributed by atoms with Gasteiger partial charge in [-0.05, 0) is 72.3 Å². The number of aromatic nitrogens is 3. The fraction of sp³-hybridized carbons (Fsp3) is 0. The average molecular weight is 700 g/mol. The number of benzene rings is 8. The largest absolute Gasteiger partial charge is 0.309 e.